The summed E-state index contributed by atoms with van der Waals surface area (Å²) in [6.45, 7) is 2.27. The summed E-state index contributed by atoms with van der Waals surface area (Å²) in [4.78, 5) is 0.0951. The van der Waals surface area contributed by atoms with E-state index in [0.717, 1.165) is 6.42 Å². The van der Waals surface area contributed by atoms with Crippen molar-refractivity contribution in [2.24, 2.45) is 0 Å². The molecule has 0 amide bonds. The molecule has 0 radical (unpaired) electrons. The summed E-state index contributed by atoms with van der Waals surface area (Å²) in [7, 11) is -3.61. The number of alkyl halides is 1. The molecule has 17 heavy (non-hydrogen) atoms. The third-order valence-corrected chi connectivity index (χ3v) is 5.23. The van der Waals surface area contributed by atoms with Crippen LogP contribution in [0.1, 0.15) is 13.3 Å². The highest BCUT2D eigenvalue weighted by Crippen LogP contribution is 2.24. The van der Waals surface area contributed by atoms with E-state index in [-0.39, 0.29) is 14.7 Å². The Morgan fingerprint density at radius 3 is 2.65 bits per heavy atom. The Morgan fingerprint density at radius 1 is 1.41 bits per heavy atom. The van der Waals surface area contributed by atoms with Gasteiger partial charge in [0.2, 0.25) is 10.0 Å². The lowest BCUT2D eigenvalue weighted by Crippen LogP contribution is -2.29. The monoisotopic (exact) mass is 359 g/mol. The van der Waals surface area contributed by atoms with Crippen LogP contribution in [0.15, 0.2) is 23.1 Å². The molecule has 1 atom stereocenters. The first-order valence-corrected chi connectivity index (χ1v) is 8.11. The standard InChI is InChI=1S/C10H12BrCl2NO2S/c1-2-7(11)6-14-17(15,16)10-5-8(12)3-4-9(10)13/h3-5,7,14H,2,6H2,1H3. The number of hydrogen-bond donors (Lipinski definition) is 1. The highest BCUT2D eigenvalue weighted by Gasteiger charge is 2.18. The van der Waals surface area contributed by atoms with Crippen molar-refractivity contribution in [3.63, 3.8) is 0 Å². The normalized spacial score (nSPS) is 13.6. The summed E-state index contributed by atoms with van der Waals surface area (Å²) >= 11 is 14.9. The van der Waals surface area contributed by atoms with E-state index in [9.17, 15) is 8.42 Å². The molecule has 0 bridgehead atoms. The predicted octanol–water partition coefficient (Wildman–Crippen LogP) is 3.45. The summed E-state index contributed by atoms with van der Waals surface area (Å²) < 4.78 is 26.4. The number of sulfonamides is 1. The van der Waals surface area contributed by atoms with Gasteiger partial charge >= 0.3 is 0 Å². The zero-order valence-corrected chi connectivity index (χ0v) is 13.0. The minimum atomic E-state index is -3.61. The molecule has 0 saturated heterocycles. The average molecular weight is 361 g/mol. The van der Waals surface area contributed by atoms with Gasteiger partial charge in [-0.3, -0.25) is 0 Å². The van der Waals surface area contributed by atoms with Crippen LogP contribution in [0.2, 0.25) is 10.0 Å². The van der Waals surface area contributed by atoms with E-state index in [0.29, 0.717) is 11.6 Å². The van der Waals surface area contributed by atoms with E-state index >= 15 is 0 Å². The number of hydrogen-bond acceptors (Lipinski definition) is 2. The van der Waals surface area contributed by atoms with Crippen LogP contribution in [0.3, 0.4) is 0 Å². The molecular weight excluding hydrogens is 349 g/mol. The largest absolute Gasteiger partial charge is 0.242 e. The first kappa shape index (κ1) is 15.2. The second kappa shape index (κ2) is 6.38. The van der Waals surface area contributed by atoms with Crippen LogP contribution in [0.4, 0.5) is 0 Å². The number of benzene rings is 1. The van der Waals surface area contributed by atoms with Crippen molar-refractivity contribution < 1.29 is 8.42 Å². The van der Waals surface area contributed by atoms with Crippen molar-refractivity contribution in [3.05, 3.63) is 28.2 Å². The molecule has 0 spiro atoms. The molecule has 1 N–H and O–H groups in total. The van der Waals surface area contributed by atoms with Crippen LogP contribution < -0.4 is 4.72 Å². The topological polar surface area (TPSA) is 46.2 Å². The van der Waals surface area contributed by atoms with E-state index in [2.05, 4.69) is 20.7 Å². The Labute approximate surface area is 120 Å². The maximum Gasteiger partial charge on any atom is 0.242 e. The van der Waals surface area contributed by atoms with Gasteiger partial charge in [-0.25, -0.2) is 13.1 Å². The van der Waals surface area contributed by atoms with Crippen molar-refractivity contribution >= 4 is 49.2 Å². The molecule has 1 aromatic rings. The van der Waals surface area contributed by atoms with E-state index in [1.807, 2.05) is 6.92 Å². The lowest BCUT2D eigenvalue weighted by atomic mass is 10.3. The fourth-order valence-corrected chi connectivity index (χ4v) is 3.32. The maximum absolute atomic E-state index is 12.0. The lowest BCUT2D eigenvalue weighted by Gasteiger charge is -2.11. The molecule has 0 aliphatic rings. The fourth-order valence-electron chi connectivity index (χ4n) is 1.11. The van der Waals surface area contributed by atoms with Crippen molar-refractivity contribution in [2.45, 2.75) is 23.1 Å². The predicted molar refractivity (Wildman–Crippen MR) is 74.7 cm³/mol. The Balaban J connectivity index is 2.93. The molecule has 96 valence electrons. The first-order valence-electron chi connectivity index (χ1n) is 4.95. The number of halogens is 3. The quantitative estimate of drug-likeness (QED) is 0.817. The third-order valence-electron chi connectivity index (χ3n) is 2.12. The van der Waals surface area contributed by atoms with Gasteiger partial charge < -0.3 is 0 Å². The van der Waals surface area contributed by atoms with Gasteiger partial charge in [0.1, 0.15) is 4.90 Å². The Morgan fingerprint density at radius 2 is 2.06 bits per heavy atom. The highest BCUT2D eigenvalue weighted by molar-refractivity contribution is 9.09. The zero-order valence-electron chi connectivity index (χ0n) is 9.08. The molecule has 0 fully saturated rings. The lowest BCUT2D eigenvalue weighted by molar-refractivity contribution is 0.580. The molecule has 1 aromatic carbocycles. The molecule has 3 nitrogen and oxygen atoms in total. The van der Waals surface area contributed by atoms with Crippen LogP contribution in [0.5, 0.6) is 0 Å². The summed E-state index contributed by atoms with van der Waals surface area (Å²) in [5.74, 6) is 0. The summed E-state index contributed by atoms with van der Waals surface area (Å²) in [5.41, 5.74) is 0. The van der Waals surface area contributed by atoms with Gasteiger partial charge in [-0.15, -0.1) is 0 Å². The van der Waals surface area contributed by atoms with Crippen LogP contribution >= 0.6 is 39.1 Å². The van der Waals surface area contributed by atoms with Crippen molar-refractivity contribution in [1.82, 2.24) is 4.72 Å². The minimum absolute atomic E-state index is 0.00229. The second-order valence-electron chi connectivity index (χ2n) is 3.43. The van der Waals surface area contributed by atoms with Crippen LogP contribution in [0.25, 0.3) is 0 Å². The Bertz CT molecular complexity index is 493. The van der Waals surface area contributed by atoms with Crippen LogP contribution in [0, 0.1) is 0 Å². The molecule has 0 heterocycles. The second-order valence-corrected chi connectivity index (χ2v) is 7.31. The highest BCUT2D eigenvalue weighted by atomic mass is 79.9. The molecule has 0 saturated carbocycles. The van der Waals surface area contributed by atoms with Gasteiger partial charge in [0, 0.05) is 16.4 Å². The van der Waals surface area contributed by atoms with E-state index < -0.39 is 10.0 Å². The van der Waals surface area contributed by atoms with Crippen LogP contribution in [-0.2, 0) is 10.0 Å². The molecule has 0 aromatic heterocycles. The first-order chi connectivity index (χ1) is 7.86. The molecule has 7 heteroatoms. The van der Waals surface area contributed by atoms with Gasteiger partial charge in [-0.2, -0.15) is 0 Å². The smallest absolute Gasteiger partial charge is 0.210 e. The summed E-state index contributed by atoms with van der Waals surface area (Å²) in [5, 5.41) is 0.491. The summed E-state index contributed by atoms with van der Waals surface area (Å²) in [6.07, 6.45) is 0.825. The number of nitrogens with one attached hydrogen (secondary N) is 1. The summed E-state index contributed by atoms with van der Waals surface area (Å²) in [6, 6.07) is 4.34. The minimum Gasteiger partial charge on any atom is -0.210 e. The van der Waals surface area contributed by atoms with Crippen LogP contribution in [-0.4, -0.2) is 19.8 Å². The Kier molecular flexibility index (Phi) is 5.73. The van der Waals surface area contributed by atoms with Gasteiger partial charge in [0.25, 0.3) is 0 Å². The van der Waals surface area contributed by atoms with E-state index in [1.54, 1.807) is 6.07 Å². The van der Waals surface area contributed by atoms with Gasteiger partial charge in [0.05, 0.1) is 5.02 Å². The molecule has 1 unspecified atom stereocenters. The molecule has 0 aliphatic heterocycles. The molecule has 1 rings (SSSR count). The fraction of sp³-hybridized carbons (Fsp3) is 0.400. The Hall–Kier alpha value is 0.190. The average Bonchev–Trinajstić information content (AvgIpc) is 2.29. The molecule has 0 aliphatic carbocycles. The number of rotatable bonds is 5. The molecular formula is C10H12BrCl2NO2S. The van der Waals surface area contributed by atoms with Gasteiger partial charge in [-0.05, 0) is 24.6 Å². The van der Waals surface area contributed by atoms with E-state index in [4.69, 9.17) is 23.2 Å². The van der Waals surface area contributed by atoms with Crippen molar-refractivity contribution in [3.8, 4) is 0 Å². The van der Waals surface area contributed by atoms with E-state index in [1.165, 1.54) is 12.1 Å². The van der Waals surface area contributed by atoms with Crippen molar-refractivity contribution in [2.75, 3.05) is 6.54 Å². The third kappa shape index (κ3) is 4.41. The van der Waals surface area contributed by atoms with Gasteiger partial charge in [0.15, 0.2) is 0 Å². The zero-order chi connectivity index (χ0) is 13.1. The van der Waals surface area contributed by atoms with Gasteiger partial charge in [-0.1, -0.05) is 46.1 Å². The van der Waals surface area contributed by atoms with Crippen molar-refractivity contribution in [1.29, 1.82) is 0 Å². The SMILES string of the molecule is CCC(Br)CNS(=O)(=O)c1cc(Cl)ccc1Cl. The maximum atomic E-state index is 12.0.